The Morgan fingerprint density at radius 1 is 1.35 bits per heavy atom. The van der Waals surface area contributed by atoms with Crippen molar-refractivity contribution in [1.82, 2.24) is 0 Å². The molecular weight excluding hydrogens is 248 g/mol. The number of benzene rings is 1. The Balaban J connectivity index is 2.49. The lowest BCUT2D eigenvalue weighted by Crippen LogP contribution is -2.52. The Kier molecular flexibility index (Phi) is 3.76. The Labute approximate surface area is 123 Å². The highest BCUT2D eigenvalue weighted by Crippen LogP contribution is 2.40. The minimum atomic E-state index is -0.181. The molecule has 112 valence electrons. The monoisotopic (exact) mass is 276 g/mol. The smallest absolute Gasteiger partial charge is 0.143 e. The van der Waals surface area contributed by atoms with E-state index in [2.05, 4.69) is 64.6 Å². The first kappa shape index (κ1) is 15.2. The van der Waals surface area contributed by atoms with Crippen LogP contribution in [0.5, 0.6) is 5.75 Å². The Hall–Kier alpha value is -1.22. The number of ether oxygens (including phenoxy) is 1. The molecule has 0 fully saturated rings. The number of nitrogens with two attached hydrogens (primary N) is 1. The van der Waals surface area contributed by atoms with E-state index in [9.17, 15) is 0 Å². The van der Waals surface area contributed by atoms with Gasteiger partial charge in [0.2, 0.25) is 0 Å². The van der Waals surface area contributed by atoms with Gasteiger partial charge in [0.1, 0.15) is 11.4 Å². The van der Waals surface area contributed by atoms with E-state index in [1.54, 1.807) is 0 Å². The molecule has 2 N–H and O–H groups in total. The van der Waals surface area contributed by atoms with Crippen LogP contribution in [0.2, 0.25) is 0 Å². The maximum Gasteiger partial charge on any atom is 0.143 e. The van der Waals surface area contributed by atoms with Gasteiger partial charge in [-0.2, -0.15) is 0 Å². The molecule has 1 aromatic rings. The summed E-state index contributed by atoms with van der Waals surface area (Å²) in [6, 6.07) is 6.85. The van der Waals surface area contributed by atoms with Crippen LogP contribution in [0.15, 0.2) is 18.2 Å². The average Bonchev–Trinajstić information content (AvgIpc) is 2.34. The Bertz CT molecular complexity index is 488. The first-order valence-corrected chi connectivity index (χ1v) is 7.44. The van der Waals surface area contributed by atoms with Crippen LogP contribution in [0.1, 0.15) is 47.1 Å². The van der Waals surface area contributed by atoms with E-state index in [-0.39, 0.29) is 11.0 Å². The van der Waals surface area contributed by atoms with Crippen molar-refractivity contribution in [2.45, 2.75) is 58.6 Å². The summed E-state index contributed by atoms with van der Waals surface area (Å²) in [6.45, 7) is 14.7. The van der Waals surface area contributed by atoms with Crippen LogP contribution in [0, 0.1) is 0 Å². The zero-order valence-electron chi connectivity index (χ0n) is 13.7. The quantitative estimate of drug-likeness (QED) is 0.900. The van der Waals surface area contributed by atoms with Crippen molar-refractivity contribution in [1.29, 1.82) is 0 Å². The van der Waals surface area contributed by atoms with Crippen LogP contribution >= 0.6 is 0 Å². The fraction of sp³-hybridized carbons (Fsp3) is 0.647. The van der Waals surface area contributed by atoms with Crippen molar-refractivity contribution in [3.8, 4) is 5.75 Å². The third-order valence-electron chi connectivity index (χ3n) is 3.94. The van der Waals surface area contributed by atoms with Gasteiger partial charge in [-0.25, -0.2) is 0 Å². The maximum absolute atomic E-state index is 6.13. The van der Waals surface area contributed by atoms with Crippen molar-refractivity contribution in [3.05, 3.63) is 23.8 Å². The number of rotatable bonds is 2. The second-order valence-electron chi connectivity index (χ2n) is 7.51. The molecule has 3 heteroatoms. The van der Waals surface area contributed by atoms with Crippen LogP contribution in [0.4, 0.5) is 5.69 Å². The van der Waals surface area contributed by atoms with E-state index < -0.39 is 0 Å². The molecule has 0 aliphatic carbocycles. The molecule has 0 aromatic heterocycles. The second-order valence-corrected chi connectivity index (χ2v) is 7.51. The van der Waals surface area contributed by atoms with Gasteiger partial charge >= 0.3 is 0 Å². The molecule has 0 saturated heterocycles. The lowest BCUT2D eigenvalue weighted by molar-refractivity contribution is 0.102. The van der Waals surface area contributed by atoms with Crippen molar-refractivity contribution >= 4 is 5.69 Å². The highest BCUT2D eigenvalue weighted by atomic mass is 16.5. The average molecular weight is 276 g/mol. The van der Waals surface area contributed by atoms with Crippen LogP contribution in [-0.4, -0.2) is 24.7 Å². The predicted octanol–water partition coefficient (Wildman–Crippen LogP) is 3.31. The molecule has 0 amide bonds. The highest BCUT2D eigenvalue weighted by molar-refractivity contribution is 5.63. The van der Waals surface area contributed by atoms with Crippen molar-refractivity contribution < 1.29 is 4.74 Å². The Morgan fingerprint density at radius 3 is 2.55 bits per heavy atom. The summed E-state index contributed by atoms with van der Waals surface area (Å²) in [4.78, 5) is 2.38. The van der Waals surface area contributed by atoms with E-state index in [4.69, 9.17) is 10.5 Å². The molecule has 0 radical (unpaired) electrons. The number of anilines is 1. The zero-order chi connectivity index (χ0) is 15.1. The fourth-order valence-corrected chi connectivity index (χ4v) is 2.64. The molecule has 1 heterocycles. The third kappa shape index (κ3) is 2.93. The van der Waals surface area contributed by atoms with Gasteiger partial charge in [0.25, 0.3) is 0 Å². The summed E-state index contributed by atoms with van der Waals surface area (Å²) in [5, 5.41) is 0. The second kappa shape index (κ2) is 4.96. The molecular formula is C17H28N2O. The van der Waals surface area contributed by atoms with Gasteiger partial charge < -0.3 is 15.4 Å². The van der Waals surface area contributed by atoms with Crippen LogP contribution in [0.25, 0.3) is 0 Å². The van der Waals surface area contributed by atoms with Crippen molar-refractivity contribution in [2.24, 2.45) is 5.73 Å². The van der Waals surface area contributed by atoms with Gasteiger partial charge in [-0.05, 0) is 43.9 Å². The van der Waals surface area contributed by atoms with E-state index >= 15 is 0 Å². The van der Waals surface area contributed by atoms with Gasteiger partial charge in [-0.1, -0.05) is 26.8 Å². The SMILES string of the molecule is CC(CN)N1CC(C)(C)Oc2ccc(C(C)(C)C)cc21. The molecule has 20 heavy (non-hydrogen) atoms. The van der Waals surface area contributed by atoms with Crippen LogP contribution in [-0.2, 0) is 5.41 Å². The number of hydrogen-bond donors (Lipinski definition) is 1. The zero-order valence-corrected chi connectivity index (χ0v) is 13.7. The molecule has 1 unspecified atom stereocenters. The molecule has 2 rings (SSSR count). The minimum absolute atomic E-state index is 0.139. The largest absolute Gasteiger partial charge is 0.484 e. The molecule has 1 atom stereocenters. The normalized spacial score (nSPS) is 19.2. The first-order valence-electron chi connectivity index (χ1n) is 7.44. The minimum Gasteiger partial charge on any atom is -0.484 e. The predicted molar refractivity (Wildman–Crippen MR) is 85.7 cm³/mol. The van der Waals surface area contributed by atoms with Crippen molar-refractivity contribution in [2.75, 3.05) is 18.0 Å². The fourth-order valence-electron chi connectivity index (χ4n) is 2.64. The van der Waals surface area contributed by atoms with E-state index in [0.29, 0.717) is 12.6 Å². The number of nitrogens with zero attached hydrogens (tertiary/aromatic N) is 1. The standard InChI is InChI=1S/C17H28N2O/c1-12(10-18)19-11-17(5,6)20-15-8-7-13(9-14(15)19)16(2,3)4/h7-9,12H,10-11,18H2,1-6H3. The molecule has 0 saturated carbocycles. The molecule has 3 nitrogen and oxygen atoms in total. The summed E-state index contributed by atoms with van der Waals surface area (Å²) in [5.74, 6) is 0.967. The summed E-state index contributed by atoms with van der Waals surface area (Å²) < 4.78 is 6.13. The molecule has 1 aliphatic rings. The van der Waals surface area contributed by atoms with Gasteiger partial charge in [0, 0.05) is 12.6 Å². The number of fused-ring (bicyclic) bond motifs is 1. The van der Waals surface area contributed by atoms with E-state index in [1.807, 2.05) is 0 Å². The highest BCUT2D eigenvalue weighted by Gasteiger charge is 2.34. The summed E-state index contributed by atoms with van der Waals surface area (Å²) in [6.07, 6.45) is 0. The van der Waals surface area contributed by atoms with Crippen LogP contribution < -0.4 is 15.4 Å². The topological polar surface area (TPSA) is 38.5 Å². The van der Waals surface area contributed by atoms with Gasteiger partial charge in [-0.3, -0.25) is 0 Å². The summed E-state index contributed by atoms with van der Waals surface area (Å²) in [7, 11) is 0. The van der Waals surface area contributed by atoms with Crippen molar-refractivity contribution in [3.63, 3.8) is 0 Å². The van der Waals surface area contributed by atoms with Gasteiger partial charge in [0.15, 0.2) is 0 Å². The van der Waals surface area contributed by atoms with Gasteiger partial charge in [0.05, 0.1) is 12.2 Å². The van der Waals surface area contributed by atoms with Crippen LogP contribution in [0.3, 0.4) is 0 Å². The summed E-state index contributed by atoms with van der Waals surface area (Å²) in [5.41, 5.74) is 8.35. The lowest BCUT2D eigenvalue weighted by atomic mass is 9.86. The summed E-state index contributed by atoms with van der Waals surface area (Å²) >= 11 is 0. The Morgan fingerprint density at radius 2 is 2.00 bits per heavy atom. The maximum atomic E-state index is 6.13. The van der Waals surface area contributed by atoms with Gasteiger partial charge in [-0.15, -0.1) is 0 Å². The molecule has 0 spiro atoms. The molecule has 0 bridgehead atoms. The van der Waals surface area contributed by atoms with E-state index in [1.165, 1.54) is 11.3 Å². The van der Waals surface area contributed by atoms with E-state index in [0.717, 1.165) is 12.3 Å². The first-order chi connectivity index (χ1) is 9.14. The number of hydrogen-bond acceptors (Lipinski definition) is 3. The molecule has 1 aliphatic heterocycles. The lowest BCUT2D eigenvalue weighted by Gasteiger charge is -2.44. The molecule has 1 aromatic carbocycles. The third-order valence-corrected chi connectivity index (χ3v) is 3.94.